The largest absolute Gasteiger partial charge is 0.369 e. The summed E-state index contributed by atoms with van der Waals surface area (Å²) in [5.74, 6) is 3.84. The average molecular weight is 180 g/mol. The summed E-state index contributed by atoms with van der Waals surface area (Å²) in [5, 5.41) is 0. The summed E-state index contributed by atoms with van der Waals surface area (Å²) >= 11 is 0. The van der Waals surface area contributed by atoms with Gasteiger partial charge in [-0.3, -0.25) is 0 Å². The van der Waals surface area contributed by atoms with Gasteiger partial charge < -0.3 is 4.74 Å². The van der Waals surface area contributed by atoms with E-state index in [2.05, 4.69) is 13.8 Å². The Hall–Kier alpha value is -0.0400. The number of hydrogen-bond donors (Lipinski definition) is 0. The van der Waals surface area contributed by atoms with E-state index in [-0.39, 0.29) is 0 Å². The molecule has 5 atom stereocenters. The Morgan fingerprint density at radius 3 is 2.69 bits per heavy atom. The number of rotatable bonds is 3. The van der Waals surface area contributed by atoms with Crippen LogP contribution in [0.1, 0.15) is 39.5 Å². The van der Waals surface area contributed by atoms with Crippen molar-refractivity contribution in [2.75, 3.05) is 0 Å². The lowest BCUT2D eigenvalue weighted by Gasteiger charge is -2.19. The van der Waals surface area contributed by atoms with Crippen molar-refractivity contribution in [2.45, 2.75) is 51.7 Å². The molecule has 0 amide bonds. The van der Waals surface area contributed by atoms with E-state index in [9.17, 15) is 0 Å². The first-order chi connectivity index (χ1) is 6.25. The Bertz CT molecular complexity index is 211. The van der Waals surface area contributed by atoms with Crippen LogP contribution in [0.3, 0.4) is 0 Å². The predicted octanol–water partition coefficient (Wildman–Crippen LogP) is 2.85. The third-order valence-electron chi connectivity index (χ3n) is 4.35. The van der Waals surface area contributed by atoms with Crippen molar-refractivity contribution in [3.8, 4) is 0 Å². The maximum Gasteiger partial charge on any atom is 0.0875 e. The zero-order chi connectivity index (χ0) is 9.00. The first-order valence-electron chi connectivity index (χ1n) is 5.91. The quantitative estimate of drug-likeness (QED) is 0.608. The van der Waals surface area contributed by atoms with E-state index in [4.69, 9.17) is 4.74 Å². The van der Waals surface area contributed by atoms with Crippen LogP contribution in [-0.2, 0) is 4.74 Å². The van der Waals surface area contributed by atoms with Crippen LogP contribution in [0.4, 0.5) is 0 Å². The molecule has 1 aliphatic heterocycles. The third kappa shape index (κ3) is 1.24. The summed E-state index contributed by atoms with van der Waals surface area (Å²) in [6.45, 7) is 4.67. The molecule has 3 aliphatic rings. The van der Waals surface area contributed by atoms with Gasteiger partial charge in [-0.2, -0.15) is 0 Å². The molecule has 0 radical (unpaired) electrons. The molecule has 3 rings (SSSR count). The van der Waals surface area contributed by atoms with Crippen molar-refractivity contribution in [1.82, 2.24) is 0 Å². The van der Waals surface area contributed by atoms with Gasteiger partial charge in [-0.15, -0.1) is 0 Å². The van der Waals surface area contributed by atoms with Gasteiger partial charge in [-0.1, -0.05) is 20.3 Å². The van der Waals surface area contributed by atoms with Gasteiger partial charge in [0.2, 0.25) is 0 Å². The van der Waals surface area contributed by atoms with Gasteiger partial charge in [-0.05, 0) is 42.9 Å². The Morgan fingerprint density at radius 2 is 2.08 bits per heavy atom. The van der Waals surface area contributed by atoms with Crippen LogP contribution in [0.5, 0.6) is 0 Å². The molecule has 0 aromatic heterocycles. The van der Waals surface area contributed by atoms with Crippen molar-refractivity contribution in [1.29, 1.82) is 0 Å². The maximum absolute atomic E-state index is 5.68. The van der Waals surface area contributed by atoms with E-state index in [1.807, 2.05) is 0 Å². The lowest BCUT2D eigenvalue weighted by Crippen LogP contribution is -2.18. The SMILES string of the molecule is CC(C)CCC1CC2CC1C1OC21. The minimum absolute atomic E-state index is 0.718. The van der Waals surface area contributed by atoms with Crippen LogP contribution in [0.15, 0.2) is 0 Å². The molecule has 1 heterocycles. The Kier molecular flexibility index (Phi) is 1.74. The summed E-state index contributed by atoms with van der Waals surface area (Å²) in [7, 11) is 0. The zero-order valence-electron chi connectivity index (χ0n) is 8.70. The predicted molar refractivity (Wildman–Crippen MR) is 52.4 cm³/mol. The van der Waals surface area contributed by atoms with Gasteiger partial charge in [0, 0.05) is 0 Å². The lowest BCUT2D eigenvalue weighted by molar-refractivity contribution is 0.243. The molecule has 5 unspecified atom stereocenters. The van der Waals surface area contributed by atoms with Crippen molar-refractivity contribution in [3.63, 3.8) is 0 Å². The van der Waals surface area contributed by atoms with Gasteiger partial charge in [0.25, 0.3) is 0 Å². The van der Waals surface area contributed by atoms with E-state index in [1.54, 1.807) is 0 Å². The molecule has 74 valence electrons. The molecule has 0 spiro atoms. The zero-order valence-corrected chi connectivity index (χ0v) is 8.70. The Morgan fingerprint density at radius 1 is 1.23 bits per heavy atom. The minimum atomic E-state index is 0.718. The summed E-state index contributed by atoms with van der Waals surface area (Å²) in [4.78, 5) is 0. The molecular formula is C12H20O. The molecule has 1 nitrogen and oxygen atoms in total. The van der Waals surface area contributed by atoms with Crippen LogP contribution < -0.4 is 0 Å². The highest BCUT2D eigenvalue weighted by molar-refractivity contribution is 5.10. The molecular weight excluding hydrogens is 160 g/mol. The molecule has 3 fully saturated rings. The van der Waals surface area contributed by atoms with Crippen molar-refractivity contribution in [3.05, 3.63) is 0 Å². The summed E-state index contributed by atoms with van der Waals surface area (Å²) < 4.78 is 5.68. The number of epoxide rings is 1. The van der Waals surface area contributed by atoms with Crippen LogP contribution in [0, 0.1) is 23.7 Å². The second kappa shape index (κ2) is 2.73. The molecule has 1 heteroatoms. The van der Waals surface area contributed by atoms with Gasteiger partial charge in [-0.25, -0.2) is 0 Å². The van der Waals surface area contributed by atoms with Crippen LogP contribution in [0.2, 0.25) is 0 Å². The topological polar surface area (TPSA) is 12.5 Å². The second-order valence-corrected chi connectivity index (χ2v) is 5.69. The number of hydrogen-bond acceptors (Lipinski definition) is 1. The van der Waals surface area contributed by atoms with Crippen LogP contribution in [-0.4, -0.2) is 12.2 Å². The second-order valence-electron chi connectivity index (χ2n) is 5.69. The van der Waals surface area contributed by atoms with Crippen molar-refractivity contribution >= 4 is 0 Å². The van der Waals surface area contributed by atoms with E-state index >= 15 is 0 Å². The standard InChI is InChI=1S/C12H20O/c1-7(2)3-4-8-5-9-6-10(8)12-11(9)13-12/h7-12H,3-6H2,1-2H3. The van der Waals surface area contributed by atoms with Crippen molar-refractivity contribution in [2.24, 2.45) is 23.7 Å². The third-order valence-corrected chi connectivity index (χ3v) is 4.35. The highest BCUT2D eigenvalue weighted by Crippen LogP contribution is 2.59. The smallest absolute Gasteiger partial charge is 0.0875 e. The van der Waals surface area contributed by atoms with Gasteiger partial charge in [0.1, 0.15) is 0 Å². The monoisotopic (exact) mass is 180 g/mol. The Balaban J connectivity index is 1.56. The molecule has 0 aromatic carbocycles. The van der Waals surface area contributed by atoms with Gasteiger partial charge >= 0.3 is 0 Å². The molecule has 2 aliphatic carbocycles. The van der Waals surface area contributed by atoms with Crippen LogP contribution in [0.25, 0.3) is 0 Å². The summed E-state index contributed by atoms with van der Waals surface area (Å²) in [5.41, 5.74) is 0. The molecule has 2 saturated carbocycles. The molecule has 1 saturated heterocycles. The lowest BCUT2D eigenvalue weighted by atomic mass is 9.84. The van der Waals surface area contributed by atoms with E-state index in [1.165, 1.54) is 25.7 Å². The van der Waals surface area contributed by atoms with E-state index in [0.717, 1.165) is 35.9 Å². The fourth-order valence-electron chi connectivity index (χ4n) is 3.61. The summed E-state index contributed by atoms with van der Waals surface area (Å²) in [6, 6.07) is 0. The number of fused-ring (bicyclic) bond motifs is 5. The van der Waals surface area contributed by atoms with Crippen molar-refractivity contribution < 1.29 is 4.74 Å². The molecule has 13 heavy (non-hydrogen) atoms. The van der Waals surface area contributed by atoms with Crippen LogP contribution >= 0.6 is 0 Å². The molecule has 2 bridgehead atoms. The minimum Gasteiger partial charge on any atom is -0.369 e. The highest BCUT2D eigenvalue weighted by atomic mass is 16.6. The molecule has 0 N–H and O–H groups in total. The van der Waals surface area contributed by atoms with Gasteiger partial charge in [0.15, 0.2) is 0 Å². The van der Waals surface area contributed by atoms with Gasteiger partial charge in [0.05, 0.1) is 12.2 Å². The Labute approximate surface area is 80.8 Å². The number of ether oxygens (including phenoxy) is 1. The molecule has 0 aromatic rings. The normalized spacial score (nSPS) is 51.5. The fraction of sp³-hybridized carbons (Fsp3) is 1.00. The van der Waals surface area contributed by atoms with E-state index in [0.29, 0.717) is 0 Å². The highest BCUT2D eigenvalue weighted by Gasteiger charge is 2.62. The average Bonchev–Trinajstić information content (AvgIpc) is 2.70. The first kappa shape index (κ1) is 8.28. The fourth-order valence-corrected chi connectivity index (χ4v) is 3.61. The summed E-state index contributed by atoms with van der Waals surface area (Å²) in [6.07, 6.45) is 7.31. The first-order valence-corrected chi connectivity index (χ1v) is 5.91. The maximum atomic E-state index is 5.68. The van der Waals surface area contributed by atoms with E-state index < -0.39 is 0 Å².